The van der Waals surface area contributed by atoms with E-state index in [4.69, 9.17) is 10.6 Å². The molecule has 94 valence electrons. The molecule has 1 atom stereocenters. The molecule has 5 nitrogen and oxygen atoms in total. The molecule has 1 saturated heterocycles. The highest BCUT2D eigenvalue weighted by atomic mass is 16.5. The van der Waals surface area contributed by atoms with Crippen molar-refractivity contribution in [3.63, 3.8) is 0 Å². The Bertz CT molecular complexity index is 400. The van der Waals surface area contributed by atoms with Gasteiger partial charge in [-0.1, -0.05) is 13.8 Å². The molecular formula is C12H20N4O. The topological polar surface area (TPSA) is 73.1 Å². The van der Waals surface area contributed by atoms with Gasteiger partial charge in [0.2, 0.25) is 0 Å². The molecule has 3 N–H and O–H groups in total. The number of hydrogen-bond acceptors (Lipinski definition) is 5. The summed E-state index contributed by atoms with van der Waals surface area (Å²) in [6.45, 7) is 7.75. The lowest BCUT2D eigenvalue weighted by Crippen LogP contribution is -2.17. The summed E-state index contributed by atoms with van der Waals surface area (Å²) in [4.78, 5) is 9.13. The fourth-order valence-electron chi connectivity index (χ4n) is 2.33. The summed E-state index contributed by atoms with van der Waals surface area (Å²) in [6.07, 6.45) is 0.991. The van der Waals surface area contributed by atoms with E-state index in [0.29, 0.717) is 18.4 Å². The van der Waals surface area contributed by atoms with Gasteiger partial charge in [-0.25, -0.2) is 15.8 Å². The largest absolute Gasteiger partial charge is 0.381 e. The van der Waals surface area contributed by atoms with E-state index in [1.54, 1.807) is 0 Å². The fraction of sp³-hybridized carbons (Fsp3) is 0.667. The number of anilines is 1. The van der Waals surface area contributed by atoms with Crippen molar-refractivity contribution < 1.29 is 4.74 Å². The maximum Gasteiger partial charge on any atom is 0.147 e. The molecule has 1 aromatic heterocycles. The summed E-state index contributed by atoms with van der Waals surface area (Å²) in [7, 11) is 0. The molecule has 1 aliphatic heterocycles. The Labute approximate surface area is 102 Å². The van der Waals surface area contributed by atoms with Crippen molar-refractivity contribution in [1.82, 2.24) is 9.97 Å². The zero-order valence-corrected chi connectivity index (χ0v) is 10.7. The summed E-state index contributed by atoms with van der Waals surface area (Å²) in [5, 5.41) is 0. The predicted molar refractivity (Wildman–Crippen MR) is 66.8 cm³/mol. The molecule has 0 radical (unpaired) electrons. The van der Waals surface area contributed by atoms with Crippen LogP contribution >= 0.6 is 0 Å². The standard InChI is InChI=1S/C12H20N4O/c1-7(2)10-8(3)14-11(15-12(10)16-13)9-4-5-17-6-9/h7,9H,4-6,13H2,1-3H3,(H,14,15,16). The summed E-state index contributed by atoms with van der Waals surface area (Å²) >= 11 is 0. The number of nitrogens with one attached hydrogen (secondary N) is 1. The van der Waals surface area contributed by atoms with Crippen molar-refractivity contribution in [2.45, 2.75) is 39.0 Å². The smallest absolute Gasteiger partial charge is 0.147 e. The molecule has 1 unspecified atom stereocenters. The molecular weight excluding hydrogens is 216 g/mol. The maximum atomic E-state index is 5.55. The van der Waals surface area contributed by atoms with Crippen molar-refractivity contribution >= 4 is 5.82 Å². The van der Waals surface area contributed by atoms with Crippen LogP contribution in [0.1, 0.15) is 49.2 Å². The van der Waals surface area contributed by atoms with E-state index in [9.17, 15) is 0 Å². The van der Waals surface area contributed by atoms with Gasteiger partial charge in [-0.3, -0.25) is 0 Å². The third-order valence-corrected chi connectivity index (χ3v) is 3.16. The van der Waals surface area contributed by atoms with Gasteiger partial charge in [-0.15, -0.1) is 0 Å². The second kappa shape index (κ2) is 4.98. The second-order valence-corrected chi connectivity index (χ2v) is 4.79. The van der Waals surface area contributed by atoms with E-state index < -0.39 is 0 Å². The SMILES string of the molecule is Cc1nc(C2CCOC2)nc(NN)c1C(C)C. The van der Waals surface area contributed by atoms with Crippen LogP contribution in [0.15, 0.2) is 0 Å². The van der Waals surface area contributed by atoms with Crippen LogP contribution in [0.5, 0.6) is 0 Å². The first-order valence-electron chi connectivity index (χ1n) is 6.06. The van der Waals surface area contributed by atoms with Crippen molar-refractivity contribution in [3.05, 3.63) is 17.1 Å². The molecule has 1 fully saturated rings. The van der Waals surface area contributed by atoms with Crippen molar-refractivity contribution in [1.29, 1.82) is 0 Å². The van der Waals surface area contributed by atoms with Crippen LogP contribution in [0.3, 0.4) is 0 Å². The zero-order valence-electron chi connectivity index (χ0n) is 10.7. The molecule has 1 aromatic rings. The number of nitrogens with two attached hydrogens (primary N) is 1. The Kier molecular flexibility index (Phi) is 3.59. The molecule has 5 heteroatoms. The minimum Gasteiger partial charge on any atom is -0.381 e. The number of hydrazine groups is 1. The fourth-order valence-corrected chi connectivity index (χ4v) is 2.33. The lowest BCUT2D eigenvalue weighted by molar-refractivity contribution is 0.193. The quantitative estimate of drug-likeness (QED) is 0.617. The van der Waals surface area contributed by atoms with Gasteiger partial charge in [-0.2, -0.15) is 0 Å². The van der Waals surface area contributed by atoms with E-state index in [-0.39, 0.29) is 0 Å². The molecule has 0 spiro atoms. The Morgan fingerprint density at radius 3 is 2.71 bits per heavy atom. The van der Waals surface area contributed by atoms with Crippen molar-refractivity contribution in [2.75, 3.05) is 18.6 Å². The minimum atomic E-state index is 0.307. The molecule has 0 aromatic carbocycles. The lowest BCUT2D eigenvalue weighted by atomic mass is 10.0. The van der Waals surface area contributed by atoms with Crippen molar-refractivity contribution in [3.8, 4) is 0 Å². The first-order chi connectivity index (χ1) is 8.13. The van der Waals surface area contributed by atoms with E-state index in [1.807, 2.05) is 6.92 Å². The Hall–Kier alpha value is -1.20. The Morgan fingerprint density at radius 1 is 1.41 bits per heavy atom. The van der Waals surface area contributed by atoms with E-state index in [0.717, 1.165) is 35.9 Å². The van der Waals surface area contributed by atoms with Crippen LogP contribution in [0.4, 0.5) is 5.82 Å². The van der Waals surface area contributed by atoms with Crippen LogP contribution < -0.4 is 11.3 Å². The highest BCUT2D eigenvalue weighted by Gasteiger charge is 2.23. The van der Waals surface area contributed by atoms with Crippen LogP contribution in [0.2, 0.25) is 0 Å². The molecule has 0 aliphatic carbocycles. The zero-order chi connectivity index (χ0) is 12.4. The van der Waals surface area contributed by atoms with Gasteiger partial charge in [0.05, 0.1) is 6.61 Å². The minimum absolute atomic E-state index is 0.307. The summed E-state index contributed by atoms with van der Waals surface area (Å²) in [5.74, 6) is 7.81. The van der Waals surface area contributed by atoms with Gasteiger partial charge in [0.1, 0.15) is 11.6 Å². The van der Waals surface area contributed by atoms with Crippen LogP contribution in [-0.2, 0) is 4.74 Å². The van der Waals surface area contributed by atoms with E-state index >= 15 is 0 Å². The van der Waals surface area contributed by atoms with Crippen molar-refractivity contribution in [2.24, 2.45) is 5.84 Å². The molecule has 2 heterocycles. The average molecular weight is 236 g/mol. The highest BCUT2D eigenvalue weighted by molar-refractivity contribution is 5.47. The average Bonchev–Trinajstić information content (AvgIpc) is 2.80. The third kappa shape index (κ3) is 2.40. The number of nitrogen functional groups attached to an aromatic ring is 1. The van der Waals surface area contributed by atoms with Gasteiger partial charge in [0.25, 0.3) is 0 Å². The second-order valence-electron chi connectivity index (χ2n) is 4.79. The van der Waals surface area contributed by atoms with Gasteiger partial charge in [-0.05, 0) is 19.3 Å². The van der Waals surface area contributed by atoms with Gasteiger partial charge in [0, 0.05) is 23.8 Å². The van der Waals surface area contributed by atoms with E-state index in [2.05, 4.69) is 29.2 Å². The maximum absolute atomic E-state index is 5.55. The monoisotopic (exact) mass is 236 g/mol. The highest BCUT2D eigenvalue weighted by Crippen LogP contribution is 2.29. The molecule has 0 amide bonds. The Balaban J connectivity index is 2.40. The molecule has 0 bridgehead atoms. The molecule has 2 rings (SSSR count). The number of aryl methyl sites for hydroxylation is 1. The number of aromatic nitrogens is 2. The van der Waals surface area contributed by atoms with Crippen LogP contribution in [-0.4, -0.2) is 23.2 Å². The van der Waals surface area contributed by atoms with Gasteiger partial charge in [0.15, 0.2) is 0 Å². The van der Waals surface area contributed by atoms with Crippen LogP contribution in [0, 0.1) is 6.92 Å². The van der Waals surface area contributed by atoms with Gasteiger partial charge < -0.3 is 10.2 Å². The first-order valence-corrected chi connectivity index (χ1v) is 6.06. The van der Waals surface area contributed by atoms with Gasteiger partial charge >= 0.3 is 0 Å². The summed E-state index contributed by atoms with van der Waals surface area (Å²) in [6, 6.07) is 0. The third-order valence-electron chi connectivity index (χ3n) is 3.16. The summed E-state index contributed by atoms with van der Waals surface area (Å²) in [5.41, 5.74) is 4.79. The Morgan fingerprint density at radius 2 is 2.18 bits per heavy atom. The molecule has 0 saturated carbocycles. The van der Waals surface area contributed by atoms with E-state index in [1.165, 1.54) is 0 Å². The predicted octanol–water partition coefficient (Wildman–Crippen LogP) is 1.70. The number of ether oxygens (including phenoxy) is 1. The number of nitrogens with zero attached hydrogens (tertiary/aromatic N) is 2. The first kappa shape index (κ1) is 12.3. The normalized spacial score (nSPS) is 19.9. The molecule has 17 heavy (non-hydrogen) atoms. The number of hydrogen-bond donors (Lipinski definition) is 2. The lowest BCUT2D eigenvalue weighted by Gasteiger charge is -2.17. The van der Waals surface area contributed by atoms with Crippen LogP contribution in [0.25, 0.3) is 0 Å². The molecule has 1 aliphatic rings. The number of rotatable bonds is 3. The summed E-state index contributed by atoms with van der Waals surface area (Å²) < 4.78 is 5.37.